The van der Waals surface area contributed by atoms with Crippen molar-refractivity contribution in [3.05, 3.63) is 101 Å². The number of halogens is 1. The Morgan fingerprint density at radius 3 is 2.39 bits per heavy atom. The molecule has 0 bridgehead atoms. The van der Waals surface area contributed by atoms with Crippen molar-refractivity contribution in [3.8, 4) is 34.2 Å². The van der Waals surface area contributed by atoms with E-state index >= 15 is 0 Å². The van der Waals surface area contributed by atoms with Gasteiger partial charge in [-0.3, -0.25) is 0 Å². The Morgan fingerprint density at radius 1 is 0.935 bits per heavy atom. The van der Waals surface area contributed by atoms with Crippen molar-refractivity contribution >= 4 is 27.7 Å². The Kier molecular flexibility index (Phi) is 6.71. The molecule has 4 aromatic rings. The van der Waals surface area contributed by atoms with Crippen LogP contribution in [0.25, 0.3) is 22.4 Å². The maximum Gasteiger partial charge on any atom is 0.118 e. The molecule has 3 nitrogen and oxygen atoms in total. The highest BCUT2D eigenvalue weighted by Crippen LogP contribution is 2.36. The van der Waals surface area contributed by atoms with E-state index in [4.69, 9.17) is 9.72 Å². The number of thioether (sulfide) groups is 1. The minimum Gasteiger partial charge on any atom is -0.497 e. The van der Waals surface area contributed by atoms with Crippen LogP contribution in [0.5, 0.6) is 5.75 Å². The van der Waals surface area contributed by atoms with Crippen molar-refractivity contribution in [3.63, 3.8) is 0 Å². The Labute approximate surface area is 194 Å². The summed E-state index contributed by atoms with van der Waals surface area (Å²) in [6.45, 7) is 0. The maximum absolute atomic E-state index is 10.0. The number of ether oxygens (including phenoxy) is 1. The molecule has 4 rings (SSSR count). The van der Waals surface area contributed by atoms with E-state index in [1.54, 1.807) is 18.9 Å². The molecule has 0 aliphatic heterocycles. The predicted octanol–water partition coefficient (Wildman–Crippen LogP) is 7.35. The van der Waals surface area contributed by atoms with Gasteiger partial charge in [0, 0.05) is 21.4 Å². The molecule has 0 N–H and O–H groups in total. The van der Waals surface area contributed by atoms with Crippen LogP contribution in [-0.4, -0.2) is 12.1 Å². The van der Waals surface area contributed by atoms with Gasteiger partial charge in [-0.15, -0.1) is 11.8 Å². The first-order valence-corrected chi connectivity index (χ1v) is 11.5. The molecule has 31 heavy (non-hydrogen) atoms. The van der Waals surface area contributed by atoms with Crippen molar-refractivity contribution in [1.82, 2.24) is 4.98 Å². The second-order valence-corrected chi connectivity index (χ2v) is 8.74. The summed E-state index contributed by atoms with van der Waals surface area (Å²) in [6, 6.07) is 30.4. The third-order valence-electron chi connectivity index (χ3n) is 4.83. The van der Waals surface area contributed by atoms with Crippen LogP contribution >= 0.6 is 27.7 Å². The van der Waals surface area contributed by atoms with Gasteiger partial charge in [0.15, 0.2) is 0 Å². The van der Waals surface area contributed by atoms with Crippen LogP contribution in [0, 0.1) is 11.3 Å². The van der Waals surface area contributed by atoms with Crippen molar-refractivity contribution in [2.24, 2.45) is 0 Å². The van der Waals surface area contributed by atoms with Gasteiger partial charge >= 0.3 is 0 Å². The Hall–Kier alpha value is -3.07. The fourth-order valence-electron chi connectivity index (χ4n) is 3.27. The lowest BCUT2D eigenvalue weighted by atomic mass is 9.99. The van der Waals surface area contributed by atoms with Crippen molar-refractivity contribution in [2.75, 3.05) is 7.11 Å². The lowest BCUT2D eigenvalue weighted by Crippen LogP contribution is -1.96. The fourth-order valence-corrected chi connectivity index (χ4v) is 4.66. The SMILES string of the molecule is COc1ccc(-c2cc(-c3ccccc3)nc(SCc3cccc(Br)c3)c2C#N)cc1. The average Bonchev–Trinajstić information content (AvgIpc) is 2.83. The summed E-state index contributed by atoms with van der Waals surface area (Å²) in [5.41, 5.74) is 5.45. The van der Waals surface area contributed by atoms with Gasteiger partial charge in [-0.05, 0) is 41.5 Å². The van der Waals surface area contributed by atoms with Crippen LogP contribution in [0.2, 0.25) is 0 Å². The lowest BCUT2D eigenvalue weighted by molar-refractivity contribution is 0.415. The van der Waals surface area contributed by atoms with Crippen LogP contribution in [0.4, 0.5) is 0 Å². The zero-order valence-electron chi connectivity index (χ0n) is 16.9. The minimum atomic E-state index is 0.588. The highest BCUT2D eigenvalue weighted by Gasteiger charge is 2.16. The molecule has 0 unspecified atom stereocenters. The monoisotopic (exact) mass is 486 g/mol. The zero-order chi connectivity index (χ0) is 21.6. The molecular formula is C26H19BrN2OS. The Balaban J connectivity index is 1.80. The molecule has 3 aromatic carbocycles. The molecule has 0 radical (unpaired) electrons. The van der Waals surface area contributed by atoms with E-state index in [1.165, 1.54) is 5.56 Å². The van der Waals surface area contributed by atoms with Gasteiger partial charge in [-0.1, -0.05) is 70.5 Å². The van der Waals surface area contributed by atoms with E-state index in [1.807, 2.05) is 72.8 Å². The highest BCUT2D eigenvalue weighted by molar-refractivity contribution is 9.10. The largest absolute Gasteiger partial charge is 0.497 e. The second-order valence-electron chi connectivity index (χ2n) is 6.86. The first kappa shape index (κ1) is 21.2. The standard InChI is InChI=1S/C26H19BrN2OS/c1-30-22-12-10-19(11-13-22)23-15-25(20-7-3-2-4-8-20)29-26(24(23)16-28)31-17-18-6-5-9-21(27)14-18/h2-15H,17H2,1H3. The number of methoxy groups -OCH3 is 1. The van der Waals surface area contributed by atoms with Crippen molar-refractivity contribution in [1.29, 1.82) is 5.26 Å². The minimum absolute atomic E-state index is 0.588. The predicted molar refractivity (Wildman–Crippen MR) is 130 cm³/mol. The highest BCUT2D eigenvalue weighted by atomic mass is 79.9. The number of benzene rings is 3. The summed E-state index contributed by atoms with van der Waals surface area (Å²) in [4.78, 5) is 4.88. The molecular weight excluding hydrogens is 468 g/mol. The summed E-state index contributed by atoms with van der Waals surface area (Å²) >= 11 is 5.10. The Bertz CT molecular complexity index is 1230. The molecule has 5 heteroatoms. The van der Waals surface area contributed by atoms with E-state index in [0.29, 0.717) is 5.56 Å². The average molecular weight is 487 g/mol. The molecule has 0 fully saturated rings. The lowest BCUT2D eigenvalue weighted by Gasteiger charge is -2.13. The summed E-state index contributed by atoms with van der Waals surface area (Å²) in [6.07, 6.45) is 0. The molecule has 0 saturated carbocycles. The topological polar surface area (TPSA) is 45.9 Å². The molecule has 0 atom stereocenters. The number of hydrogen-bond acceptors (Lipinski definition) is 4. The zero-order valence-corrected chi connectivity index (χ0v) is 19.3. The van der Waals surface area contributed by atoms with Crippen LogP contribution < -0.4 is 4.74 Å². The summed E-state index contributed by atoms with van der Waals surface area (Å²) < 4.78 is 6.33. The van der Waals surface area contributed by atoms with Gasteiger partial charge in [0.2, 0.25) is 0 Å². The quantitative estimate of drug-likeness (QED) is 0.267. The first-order valence-electron chi connectivity index (χ1n) is 9.70. The summed E-state index contributed by atoms with van der Waals surface area (Å²) in [5, 5.41) is 10.8. The first-order chi connectivity index (χ1) is 15.2. The number of nitriles is 1. The van der Waals surface area contributed by atoms with E-state index in [9.17, 15) is 5.26 Å². The van der Waals surface area contributed by atoms with Gasteiger partial charge in [-0.2, -0.15) is 5.26 Å². The molecule has 1 aromatic heterocycles. The fraction of sp³-hybridized carbons (Fsp3) is 0.0769. The van der Waals surface area contributed by atoms with Gasteiger partial charge in [-0.25, -0.2) is 4.98 Å². The molecule has 0 aliphatic carbocycles. The molecule has 0 spiro atoms. The van der Waals surface area contributed by atoms with Crippen molar-refractivity contribution < 1.29 is 4.74 Å². The molecule has 0 amide bonds. The number of aromatic nitrogens is 1. The molecule has 152 valence electrons. The van der Waals surface area contributed by atoms with Gasteiger partial charge in [0.05, 0.1) is 18.4 Å². The maximum atomic E-state index is 10.0. The third-order valence-corrected chi connectivity index (χ3v) is 6.37. The summed E-state index contributed by atoms with van der Waals surface area (Å²) in [5.74, 6) is 1.50. The molecule has 0 aliphatic rings. The van der Waals surface area contributed by atoms with E-state index < -0.39 is 0 Å². The van der Waals surface area contributed by atoms with Gasteiger partial charge in [0.1, 0.15) is 16.8 Å². The normalized spacial score (nSPS) is 10.5. The smallest absolute Gasteiger partial charge is 0.118 e. The van der Waals surface area contributed by atoms with Crippen LogP contribution in [0.1, 0.15) is 11.1 Å². The number of hydrogen-bond donors (Lipinski definition) is 0. The van der Waals surface area contributed by atoms with Gasteiger partial charge < -0.3 is 4.74 Å². The number of pyridine rings is 1. The van der Waals surface area contributed by atoms with Crippen LogP contribution in [0.3, 0.4) is 0 Å². The number of rotatable bonds is 6. The van der Waals surface area contributed by atoms with Crippen LogP contribution in [-0.2, 0) is 5.75 Å². The van der Waals surface area contributed by atoms with E-state index in [2.05, 4.69) is 34.1 Å². The number of nitrogens with zero attached hydrogens (tertiary/aromatic N) is 2. The summed E-state index contributed by atoms with van der Waals surface area (Å²) in [7, 11) is 1.65. The van der Waals surface area contributed by atoms with E-state index in [-0.39, 0.29) is 0 Å². The van der Waals surface area contributed by atoms with Crippen LogP contribution in [0.15, 0.2) is 94.4 Å². The second kappa shape index (κ2) is 9.82. The molecule has 0 saturated heterocycles. The third kappa shape index (κ3) is 4.99. The molecule has 1 heterocycles. The van der Waals surface area contributed by atoms with Gasteiger partial charge in [0.25, 0.3) is 0 Å². The van der Waals surface area contributed by atoms with E-state index in [0.717, 1.165) is 43.4 Å². The van der Waals surface area contributed by atoms with Crippen molar-refractivity contribution in [2.45, 2.75) is 10.8 Å². The Morgan fingerprint density at radius 2 is 1.71 bits per heavy atom.